The first-order chi connectivity index (χ1) is 8.93. The lowest BCUT2D eigenvalue weighted by Gasteiger charge is -2.18. The van der Waals surface area contributed by atoms with E-state index >= 15 is 0 Å². The predicted molar refractivity (Wildman–Crippen MR) is 72.8 cm³/mol. The topological polar surface area (TPSA) is 92.1 Å². The summed E-state index contributed by atoms with van der Waals surface area (Å²) < 4.78 is 26.2. The van der Waals surface area contributed by atoms with E-state index in [1.165, 1.54) is 11.4 Å². The maximum Gasteiger partial charge on any atom is 0.245 e. The molecule has 0 atom stereocenters. The fourth-order valence-electron chi connectivity index (χ4n) is 1.86. The van der Waals surface area contributed by atoms with Crippen LogP contribution in [0.25, 0.3) is 0 Å². The van der Waals surface area contributed by atoms with Crippen molar-refractivity contribution in [1.82, 2.24) is 14.3 Å². The number of nitrogens with one attached hydrogen (secondary N) is 1. The highest BCUT2D eigenvalue weighted by atomic mass is 32.2. The van der Waals surface area contributed by atoms with Crippen molar-refractivity contribution in [1.29, 1.82) is 0 Å². The van der Waals surface area contributed by atoms with Crippen molar-refractivity contribution in [2.24, 2.45) is 0 Å². The van der Waals surface area contributed by atoms with Crippen LogP contribution in [-0.4, -0.2) is 29.7 Å². The molecule has 0 saturated carbocycles. The lowest BCUT2D eigenvalue weighted by Crippen LogP contribution is -2.28. The van der Waals surface area contributed by atoms with E-state index in [0.717, 1.165) is 0 Å². The summed E-state index contributed by atoms with van der Waals surface area (Å²) in [4.78, 5) is 7.04. The molecule has 2 rings (SSSR count). The van der Waals surface area contributed by atoms with Gasteiger partial charge in [0.15, 0.2) is 0 Å². The minimum atomic E-state index is -3.63. The molecule has 1 aromatic heterocycles. The van der Waals surface area contributed by atoms with Crippen LogP contribution in [0.5, 0.6) is 0 Å². The number of nitrogen functional groups attached to an aromatic ring is 1. The second kappa shape index (κ2) is 5.02. The minimum absolute atomic E-state index is 0.157. The van der Waals surface area contributed by atoms with E-state index in [4.69, 9.17) is 5.73 Å². The standard InChI is InChI=1S/C12H16N4O2S/c1-9-4-3-5-10(13)12(9)19(17,18)16(2)8-11-14-6-7-15-11/h3-7H,8,13H2,1-2H3,(H,14,15). The quantitative estimate of drug-likeness (QED) is 0.821. The molecule has 0 radical (unpaired) electrons. The molecule has 1 heterocycles. The molecular weight excluding hydrogens is 264 g/mol. The summed E-state index contributed by atoms with van der Waals surface area (Å²) in [5.41, 5.74) is 6.68. The predicted octanol–water partition coefficient (Wildman–Crippen LogP) is 1.12. The third kappa shape index (κ3) is 2.61. The van der Waals surface area contributed by atoms with Crippen molar-refractivity contribution in [3.8, 4) is 0 Å². The second-order valence-corrected chi connectivity index (χ2v) is 6.27. The molecule has 6 nitrogen and oxygen atoms in total. The number of anilines is 1. The first kappa shape index (κ1) is 13.6. The number of nitrogens with zero attached hydrogens (tertiary/aromatic N) is 2. The van der Waals surface area contributed by atoms with E-state index in [0.29, 0.717) is 11.4 Å². The number of hydrogen-bond acceptors (Lipinski definition) is 4. The molecule has 0 aliphatic carbocycles. The number of aromatic amines is 1. The van der Waals surface area contributed by atoms with Gasteiger partial charge < -0.3 is 10.7 Å². The summed E-state index contributed by atoms with van der Waals surface area (Å²) in [6.07, 6.45) is 3.23. The average molecular weight is 280 g/mol. The van der Waals surface area contributed by atoms with Crippen LogP contribution in [0.2, 0.25) is 0 Å². The zero-order valence-corrected chi connectivity index (χ0v) is 11.6. The van der Waals surface area contributed by atoms with Crippen molar-refractivity contribution in [3.05, 3.63) is 42.0 Å². The zero-order chi connectivity index (χ0) is 14.0. The van der Waals surface area contributed by atoms with Crippen molar-refractivity contribution in [2.45, 2.75) is 18.4 Å². The van der Waals surface area contributed by atoms with E-state index in [-0.39, 0.29) is 17.1 Å². The van der Waals surface area contributed by atoms with Crippen LogP contribution in [0.1, 0.15) is 11.4 Å². The van der Waals surface area contributed by atoms with Gasteiger partial charge in [-0.1, -0.05) is 12.1 Å². The Morgan fingerprint density at radius 2 is 2.16 bits per heavy atom. The molecule has 0 amide bonds. The highest BCUT2D eigenvalue weighted by molar-refractivity contribution is 7.89. The summed E-state index contributed by atoms with van der Waals surface area (Å²) in [6.45, 7) is 1.90. The number of nitrogens with two attached hydrogens (primary N) is 1. The van der Waals surface area contributed by atoms with Crippen LogP contribution in [0, 0.1) is 6.92 Å². The van der Waals surface area contributed by atoms with Gasteiger partial charge in [-0.2, -0.15) is 4.31 Å². The van der Waals surface area contributed by atoms with Crippen LogP contribution in [0.4, 0.5) is 5.69 Å². The number of rotatable bonds is 4. The second-order valence-electron chi connectivity index (χ2n) is 4.29. The van der Waals surface area contributed by atoms with Gasteiger partial charge in [0.05, 0.1) is 12.2 Å². The number of benzene rings is 1. The van der Waals surface area contributed by atoms with Crippen LogP contribution >= 0.6 is 0 Å². The molecule has 3 N–H and O–H groups in total. The molecular formula is C12H16N4O2S. The minimum Gasteiger partial charge on any atom is -0.398 e. The van der Waals surface area contributed by atoms with E-state index < -0.39 is 10.0 Å². The van der Waals surface area contributed by atoms with Gasteiger partial charge in [0.1, 0.15) is 10.7 Å². The highest BCUT2D eigenvalue weighted by Crippen LogP contribution is 2.25. The zero-order valence-electron chi connectivity index (χ0n) is 10.8. The molecule has 19 heavy (non-hydrogen) atoms. The Morgan fingerprint density at radius 1 is 1.42 bits per heavy atom. The fraction of sp³-hybridized carbons (Fsp3) is 0.250. The number of aryl methyl sites for hydroxylation is 1. The summed E-state index contributed by atoms with van der Waals surface area (Å²) in [5, 5.41) is 0. The van der Waals surface area contributed by atoms with E-state index in [1.807, 2.05) is 0 Å². The van der Waals surface area contributed by atoms with Gasteiger partial charge in [0.2, 0.25) is 10.0 Å². The van der Waals surface area contributed by atoms with E-state index in [9.17, 15) is 8.42 Å². The Bertz CT molecular complexity index is 645. The Hall–Kier alpha value is -1.86. The van der Waals surface area contributed by atoms with Gasteiger partial charge in [0, 0.05) is 19.4 Å². The molecule has 0 unspecified atom stereocenters. The molecule has 1 aromatic carbocycles. The SMILES string of the molecule is Cc1cccc(N)c1S(=O)(=O)N(C)Cc1ncc[nH]1. The van der Waals surface area contributed by atoms with Gasteiger partial charge in [-0.3, -0.25) is 0 Å². The Labute approximate surface area is 112 Å². The number of hydrogen-bond donors (Lipinski definition) is 2. The first-order valence-corrected chi connectivity index (χ1v) is 7.16. The van der Waals surface area contributed by atoms with Gasteiger partial charge in [-0.25, -0.2) is 13.4 Å². The van der Waals surface area contributed by atoms with Crippen molar-refractivity contribution < 1.29 is 8.42 Å². The van der Waals surface area contributed by atoms with Gasteiger partial charge >= 0.3 is 0 Å². The smallest absolute Gasteiger partial charge is 0.245 e. The average Bonchev–Trinajstić information content (AvgIpc) is 2.81. The first-order valence-electron chi connectivity index (χ1n) is 5.72. The summed E-state index contributed by atoms with van der Waals surface area (Å²) in [7, 11) is -2.12. The normalized spacial score (nSPS) is 11.9. The molecule has 0 spiro atoms. The molecule has 2 aromatic rings. The third-order valence-corrected chi connectivity index (χ3v) is 4.86. The third-order valence-electron chi connectivity index (χ3n) is 2.84. The van der Waals surface area contributed by atoms with Crippen molar-refractivity contribution >= 4 is 15.7 Å². The monoisotopic (exact) mass is 280 g/mol. The van der Waals surface area contributed by atoms with Gasteiger partial charge in [-0.05, 0) is 18.6 Å². The number of sulfonamides is 1. The Balaban J connectivity index is 2.37. The van der Waals surface area contributed by atoms with E-state index in [1.54, 1.807) is 37.5 Å². The maximum atomic E-state index is 12.5. The van der Waals surface area contributed by atoms with Crippen LogP contribution < -0.4 is 5.73 Å². The maximum absolute atomic E-state index is 12.5. The summed E-state index contributed by atoms with van der Waals surface area (Å²) in [6, 6.07) is 5.04. The number of imidazole rings is 1. The summed E-state index contributed by atoms with van der Waals surface area (Å²) in [5.74, 6) is 0.582. The molecule has 102 valence electrons. The van der Waals surface area contributed by atoms with Crippen molar-refractivity contribution in [2.75, 3.05) is 12.8 Å². The fourth-order valence-corrected chi connectivity index (χ4v) is 3.31. The van der Waals surface area contributed by atoms with Gasteiger partial charge in [-0.15, -0.1) is 0 Å². The lowest BCUT2D eigenvalue weighted by molar-refractivity contribution is 0.458. The highest BCUT2D eigenvalue weighted by Gasteiger charge is 2.25. The largest absolute Gasteiger partial charge is 0.398 e. The number of H-pyrrole nitrogens is 1. The molecule has 0 aliphatic heterocycles. The van der Waals surface area contributed by atoms with Crippen LogP contribution in [0.3, 0.4) is 0 Å². The summed E-state index contributed by atoms with van der Waals surface area (Å²) >= 11 is 0. The molecule has 0 saturated heterocycles. The van der Waals surface area contributed by atoms with Crippen LogP contribution in [-0.2, 0) is 16.6 Å². The Morgan fingerprint density at radius 3 is 2.74 bits per heavy atom. The Kier molecular flexibility index (Phi) is 3.59. The molecule has 0 aliphatic rings. The van der Waals surface area contributed by atoms with E-state index in [2.05, 4.69) is 9.97 Å². The van der Waals surface area contributed by atoms with Crippen LogP contribution in [0.15, 0.2) is 35.5 Å². The number of aromatic nitrogens is 2. The molecule has 0 fully saturated rings. The lowest BCUT2D eigenvalue weighted by atomic mass is 10.2. The van der Waals surface area contributed by atoms with Crippen molar-refractivity contribution in [3.63, 3.8) is 0 Å². The molecule has 0 bridgehead atoms. The molecule has 7 heteroatoms. The van der Waals surface area contributed by atoms with Gasteiger partial charge in [0.25, 0.3) is 0 Å².